The van der Waals surface area contributed by atoms with Gasteiger partial charge in [0.05, 0.1) is 6.61 Å². The summed E-state index contributed by atoms with van der Waals surface area (Å²) in [4.78, 5) is 17.3. The van der Waals surface area contributed by atoms with Crippen LogP contribution in [0, 0.1) is 5.82 Å². The van der Waals surface area contributed by atoms with Gasteiger partial charge in [-0.3, -0.25) is 4.79 Å². The number of allylic oxidation sites excluding steroid dienone is 2. The van der Waals surface area contributed by atoms with Gasteiger partial charge in [-0.15, -0.1) is 5.10 Å². The predicted molar refractivity (Wildman–Crippen MR) is 143 cm³/mol. The molecule has 0 bridgehead atoms. The van der Waals surface area contributed by atoms with Crippen LogP contribution in [0.25, 0.3) is 0 Å². The summed E-state index contributed by atoms with van der Waals surface area (Å²) in [5.41, 5.74) is 4.08. The molecule has 37 heavy (non-hydrogen) atoms. The lowest BCUT2D eigenvalue weighted by molar-refractivity contribution is -0.114. The highest BCUT2D eigenvalue weighted by atomic mass is 32.2. The summed E-state index contributed by atoms with van der Waals surface area (Å²) in [6.45, 7) is 4.00. The zero-order chi connectivity index (χ0) is 25.8. The van der Waals surface area contributed by atoms with Crippen molar-refractivity contribution in [2.24, 2.45) is 0 Å². The summed E-state index contributed by atoms with van der Waals surface area (Å²) in [6, 6.07) is 24.2. The number of thioether (sulfide) groups is 1. The van der Waals surface area contributed by atoms with Gasteiger partial charge in [-0.25, -0.2) is 9.07 Å². The van der Waals surface area contributed by atoms with Crippen LogP contribution in [0.3, 0.4) is 0 Å². The van der Waals surface area contributed by atoms with Crippen molar-refractivity contribution in [2.45, 2.75) is 37.2 Å². The molecular formula is C29H27FN4O2S. The number of carbonyl (C=O) groups is 1. The molecule has 3 aromatic carbocycles. The molecule has 0 aliphatic carbocycles. The zero-order valence-corrected chi connectivity index (χ0v) is 21.5. The van der Waals surface area contributed by atoms with Crippen molar-refractivity contribution in [3.8, 4) is 5.75 Å². The minimum Gasteiger partial charge on any atom is -0.493 e. The highest BCUT2D eigenvalue weighted by Crippen LogP contribution is 2.37. The van der Waals surface area contributed by atoms with E-state index >= 15 is 0 Å². The van der Waals surface area contributed by atoms with E-state index in [1.807, 2.05) is 55.5 Å². The van der Waals surface area contributed by atoms with Gasteiger partial charge in [0.2, 0.25) is 11.1 Å². The SMILES string of the molecule is CC(=O)C1=C(C)Nc2nc(SCc3ccccc3F)nn2C1c1ccc(OCCc2ccccc2)cc1. The van der Waals surface area contributed by atoms with Crippen molar-refractivity contribution >= 4 is 23.5 Å². The number of hydrogen-bond donors (Lipinski definition) is 1. The number of nitrogens with zero attached hydrogens (tertiary/aromatic N) is 3. The number of anilines is 1. The van der Waals surface area contributed by atoms with E-state index in [4.69, 9.17) is 9.84 Å². The van der Waals surface area contributed by atoms with E-state index in [1.165, 1.54) is 23.4 Å². The van der Waals surface area contributed by atoms with Crippen LogP contribution in [0.15, 0.2) is 95.3 Å². The molecule has 1 aliphatic heterocycles. The molecule has 1 unspecified atom stereocenters. The first kappa shape index (κ1) is 24.8. The Morgan fingerprint density at radius 2 is 1.78 bits per heavy atom. The molecule has 6 nitrogen and oxygen atoms in total. The Balaban J connectivity index is 1.35. The van der Waals surface area contributed by atoms with E-state index in [0.29, 0.717) is 34.6 Å². The summed E-state index contributed by atoms with van der Waals surface area (Å²) in [5.74, 6) is 1.42. The first-order chi connectivity index (χ1) is 18.0. The fourth-order valence-electron chi connectivity index (χ4n) is 4.39. The van der Waals surface area contributed by atoms with Gasteiger partial charge in [0.15, 0.2) is 5.78 Å². The maximum atomic E-state index is 14.1. The standard InChI is InChI=1S/C29H27FN4O2S/c1-19-26(20(2)35)27(22-12-14-24(15-13-22)36-17-16-21-8-4-3-5-9-21)34-28(31-19)32-29(33-34)37-18-23-10-6-7-11-25(23)30/h3-15,27H,16-18H2,1-2H3,(H,31,32,33). The second kappa shape index (κ2) is 11.0. The number of halogens is 1. The van der Waals surface area contributed by atoms with E-state index in [1.54, 1.807) is 23.7 Å². The van der Waals surface area contributed by atoms with Crippen LogP contribution >= 0.6 is 11.8 Å². The fourth-order valence-corrected chi connectivity index (χ4v) is 5.21. The van der Waals surface area contributed by atoms with E-state index in [-0.39, 0.29) is 11.6 Å². The van der Waals surface area contributed by atoms with Crippen LogP contribution in [0.2, 0.25) is 0 Å². The molecule has 188 valence electrons. The van der Waals surface area contributed by atoms with Crippen LogP contribution in [-0.4, -0.2) is 27.2 Å². The Morgan fingerprint density at radius 3 is 2.51 bits per heavy atom. The van der Waals surface area contributed by atoms with Crippen LogP contribution in [0.5, 0.6) is 5.75 Å². The Bertz CT molecular complexity index is 1430. The number of hydrogen-bond acceptors (Lipinski definition) is 6. The number of ketones is 1. The molecule has 1 aromatic heterocycles. The first-order valence-corrected chi connectivity index (χ1v) is 13.1. The topological polar surface area (TPSA) is 69.0 Å². The number of fused-ring (bicyclic) bond motifs is 1. The fraction of sp³-hybridized carbons (Fsp3) is 0.207. The molecule has 2 heterocycles. The van der Waals surface area contributed by atoms with Crippen molar-refractivity contribution in [1.82, 2.24) is 14.8 Å². The van der Waals surface area contributed by atoms with Gasteiger partial charge in [-0.1, -0.05) is 72.4 Å². The number of aromatic nitrogens is 3. The van der Waals surface area contributed by atoms with Crippen LogP contribution in [-0.2, 0) is 17.0 Å². The van der Waals surface area contributed by atoms with Gasteiger partial charge in [-0.05, 0) is 48.7 Å². The summed E-state index contributed by atoms with van der Waals surface area (Å²) < 4.78 is 21.7. The quantitative estimate of drug-likeness (QED) is 0.268. The van der Waals surface area contributed by atoms with Crippen molar-refractivity contribution in [3.05, 3.63) is 113 Å². The average Bonchev–Trinajstić information content (AvgIpc) is 3.30. The second-order valence-electron chi connectivity index (χ2n) is 8.82. The number of ether oxygens (including phenoxy) is 1. The number of carbonyl (C=O) groups excluding carboxylic acids is 1. The molecule has 0 saturated carbocycles. The van der Waals surface area contributed by atoms with Crippen LogP contribution in [0.4, 0.5) is 10.3 Å². The number of nitrogens with one attached hydrogen (secondary N) is 1. The maximum Gasteiger partial charge on any atom is 0.227 e. The zero-order valence-electron chi connectivity index (χ0n) is 20.6. The van der Waals surface area contributed by atoms with Gasteiger partial charge in [0.25, 0.3) is 0 Å². The van der Waals surface area contributed by atoms with Gasteiger partial charge in [-0.2, -0.15) is 4.98 Å². The molecule has 0 fully saturated rings. The third-order valence-electron chi connectivity index (χ3n) is 6.23. The molecule has 1 aliphatic rings. The molecule has 4 aromatic rings. The van der Waals surface area contributed by atoms with Crippen molar-refractivity contribution in [1.29, 1.82) is 0 Å². The lowest BCUT2D eigenvalue weighted by atomic mass is 9.93. The predicted octanol–water partition coefficient (Wildman–Crippen LogP) is 6.21. The van der Waals surface area contributed by atoms with Gasteiger partial charge in [0, 0.05) is 23.4 Å². The maximum absolute atomic E-state index is 14.1. The molecule has 0 radical (unpaired) electrons. The molecular weight excluding hydrogens is 487 g/mol. The lowest BCUT2D eigenvalue weighted by Gasteiger charge is -2.28. The Hall–Kier alpha value is -3.91. The van der Waals surface area contributed by atoms with Crippen molar-refractivity contribution < 1.29 is 13.9 Å². The van der Waals surface area contributed by atoms with E-state index in [2.05, 4.69) is 22.4 Å². The summed E-state index contributed by atoms with van der Waals surface area (Å²) in [5, 5.41) is 8.41. The molecule has 1 N–H and O–H groups in total. The van der Waals surface area contributed by atoms with Crippen molar-refractivity contribution in [3.63, 3.8) is 0 Å². The Kier molecular flexibility index (Phi) is 7.37. The van der Waals surface area contributed by atoms with E-state index in [9.17, 15) is 9.18 Å². The highest BCUT2D eigenvalue weighted by molar-refractivity contribution is 7.98. The van der Waals surface area contributed by atoms with Crippen molar-refractivity contribution in [2.75, 3.05) is 11.9 Å². The first-order valence-electron chi connectivity index (χ1n) is 12.1. The van der Waals surface area contributed by atoms with Gasteiger partial charge in [0.1, 0.15) is 17.6 Å². The third-order valence-corrected chi connectivity index (χ3v) is 7.11. The van der Waals surface area contributed by atoms with Gasteiger partial charge >= 0.3 is 0 Å². The Labute approximate surface area is 219 Å². The summed E-state index contributed by atoms with van der Waals surface area (Å²) in [7, 11) is 0. The minimum absolute atomic E-state index is 0.0418. The number of Topliss-reactive ketones (excluding diaryl/α,β-unsaturated/α-hetero) is 1. The smallest absolute Gasteiger partial charge is 0.227 e. The monoisotopic (exact) mass is 514 g/mol. The molecule has 0 spiro atoms. The normalized spacial score (nSPS) is 14.7. The average molecular weight is 515 g/mol. The lowest BCUT2D eigenvalue weighted by Crippen LogP contribution is -2.27. The van der Waals surface area contributed by atoms with E-state index < -0.39 is 6.04 Å². The number of rotatable bonds is 9. The highest BCUT2D eigenvalue weighted by Gasteiger charge is 2.32. The largest absolute Gasteiger partial charge is 0.493 e. The molecule has 5 rings (SSSR count). The van der Waals surface area contributed by atoms with E-state index in [0.717, 1.165) is 23.4 Å². The molecule has 0 amide bonds. The molecule has 1 atom stereocenters. The summed E-state index contributed by atoms with van der Waals surface area (Å²) >= 11 is 1.35. The third kappa shape index (κ3) is 5.59. The Morgan fingerprint density at radius 1 is 1.05 bits per heavy atom. The molecule has 8 heteroatoms. The van der Waals surface area contributed by atoms with Gasteiger partial charge < -0.3 is 10.1 Å². The second-order valence-corrected chi connectivity index (χ2v) is 9.76. The number of benzene rings is 3. The summed E-state index contributed by atoms with van der Waals surface area (Å²) in [6.07, 6.45) is 0.822. The van der Waals surface area contributed by atoms with Crippen LogP contribution in [0.1, 0.15) is 36.6 Å². The molecule has 0 saturated heterocycles. The van der Waals surface area contributed by atoms with Crippen LogP contribution < -0.4 is 10.1 Å². The minimum atomic E-state index is -0.428.